The van der Waals surface area contributed by atoms with Crippen LogP contribution in [-0.2, 0) is 11.3 Å². The number of rotatable bonds is 7. The summed E-state index contributed by atoms with van der Waals surface area (Å²) in [5.41, 5.74) is 0.573. The van der Waals surface area contributed by atoms with Crippen LogP contribution in [0.5, 0.6) is 0 Å². The van der Waals surface area contributed by atoms with Crippen LogP contribution in [0.15, 0.2) is 6.07 Å². The number of nitrogens with one attached hydrogen (secondary N) is 2. The maximum absolute atomic E-state index is 12.7. The first-order valence-corrected chi connectivity index (χ1v) is 9.12. The molecule has 0 unspecified atom stereocenters. The van der Waals surface area contributed by atoms with Gasteiger partial charge in [0, 0.05) is 25.7 Å². The molecule has 2 aliphatic heterocycles. The van der Waals surface area contributed by atoms with Gasteiger partial charge in [0.1, 0.15) is 5.69 Å². The van der Waals surface area contributed by atoms with Crippen molar-refractivity contribution < 1.29 is 19.5 Å². The number of piperidine rings is 1. The number of aromatic nitrogens is 2. The fourth-order valence-corrected chi connectivity index (χ4v) is 3.44. The summed E-state index contributed by atoms with van der Waals surface area (Å²) in [4.78, 5) is 37.1. The first-order chi connectivity index (χ1) is 12.5. The molecular weight excluding hydrogens is 374 g/mol. The molecule has 0 spiro atoms. The number of carboxylic acid groups (broad SMARTS) is 1. The number of carboxylic acids is 1. The standard InChI is InChI=1S/C17H25N5O4.ClH/c23-15(24)3-7-19-16(25)13-11-14-17(26)21(9-10-22(14)20-13)8-4-12-1-5-18-6-2-12;/h11-12,18H,1-10H2,(H,19,25)(H,23,24);1H. The average molecular weight is 400 g/mol. The molecule has 1 fully saturated rings. The monoisotopic (exact) mass is 399 g/mol. The molecular formula is C17H26ClN5O4. The van der Waals surface area contributed by atoms with E-state index in [1.165, 1.54) is 6.07 Å². The molecule has 1 aromatic rings. The summed E-state index contributed by atoms with van der Waals surface area (Å²) in [5, 5.41) is 18.7. The van der Waals surface area contributed by atoms with Crippen LogP contribution in [0, 0.1) is 5.92 Å². The molecule has 150 valence electrons. The van der Waals surface area contributed by atoms with E-state index in [9.17, 15) is 14.4 Å². The summed E-state index contributed by atoms with van der Waals surface area (Å²) < 4.78 is 1.56. The predicted molar refractivity (Wildman–Crippen MR) is 100 cm³/mol. The van der Waals surface area contributed by atoms with E-state index >= 15 is 0 Å². The normalized spacial score (nSPS) is 17.2. The van der Waals surface area contributed by atoms with Crippen LogP contribution in [0.4, 0.5) is 0 Å². The lowest BCUT2D eigenvalue weighted by Gasteiger charge is -2.30. The van der Waals surface area contributed by atoms with Gasteiger partial charge in [0.2, 0.25) is 0 Å². The number of halogens is 1. The second-order valence-electron chi connectivity index (χ2n) is 6.81. The van der Waals surface area contributed by atoms with Gasteiger partial charge in [-0.3, -0.25) is 19.1 Å². The molecule has 2 amide bonds. The zero-order chi connectivity index (χ0) is 18.5. The van der Waals surface area contributed by atoms with Crippen LogP contribution in [0.2, 0.25) is 0 Å². The smallest absolute Gasteiger partial charge is 0.305 e. The topological polar surface area (TPSA) is 117 Å². The molecule has 3 heterocycles. The molecule has 0 aromatic carbocycles. The van der Waals surface area contributed by atoms with Gasteiger partial charge in [-0.05, 0) is 38.3 Å². The molecule has 10 heteroatoms. The Hall–Kier alpha value is -2.13. The van der Waals surface area contributed by atoms with Gasteiger partial charge in [0.15, 0.2) is 5.69 Å². The minimum atomic E-state index is -0.978. The molecule has 9 nitrogen and oxygen atoms in total. The van der Waals surface area contributed by atoms with Crippen molar-refractivity contribution in [2.45, 2.75) is 32.2 Å². The Morgan fingerprint density at radius 1 is 1.30 bits per heavy atom. The third kappa shape index (κ3) is 5.43. The van der Waals surface area contributed by atoms with E-state index < -0.39 is 11.9 Å². The van der Waals surface area contributed by atoms with Gasteiger partial charge in [-0.1, -0.05) is 0 Å². The van der Waals surface area contributed by atoms with Crippen molar-refractivity contribution in [1.29, 1.82) is 0 Å². The van der Waals surface area contributed by atoms with Gasteiger partial charge >= 0.3 is 5.97 Å². The molecule has 0 atom stereocenters. The average Bonchev–Trinajstić information content (AvgIpc) is 3.07. The van der Waals surface area contributed by atoms with Crippen molar-refractivity contribution in [3.05, 3.63) is 17.5 Å². The molecule has 0 bridgehead atoms. The Morgan fingerprint density at radius 2 is 2.04 bits per heavy atom. The summed E-state index contributed by atoms with van der Waals surface area (Å²) in [7, 11) is 0. The zero-order valence-electron chi connectivity index (χ0n) is 15.1. The van der Waals surface area contributed by atoms with E-state index in [1.54, 1.807) is 4.68 Å². The van der Waals surface area contributed by atoms with Crippen LogP contribution in [0.25, 0.3) is 0 Å². The van der Waals surface area contributed by atoms with Gasteiger partial charge in [0.25, 0.3) is 11.8 Å². The van der Waals surface area contributed by atoms with Crippen molar-refractivity contribution in [2.24, 2.45) is 5.92 Å². The highest BCUT2D eigenvalue weighted by molar-refractivity contribution is 5.98. The second-order valence-corrected chi connectivity index (χ2v) is 6.81. The summed E-state index contributed by atoms with van der Waals surface area (Å²) in [6.07, 6.45) is 3.16. The van der Waals surface area contributed by atoms with Gasteiger partial charge in [-0.15, -0.1) is 12.4 Å². The summed E-state index contributed by atoms with van der Waals surface area (Å²) in [6.45, 7) is 4.02. The lowest BCUT2D eigenvalue weighted by molar-refractivity contribution is -0.136. The number of amides is 2. The number of aliphatic carboxylic acids is 1. The van der Waals surface area contributed by atoms with Gasteiger partial charge in [-0.25, -0.2) is 0 Å². The zero-order valence-corrected chi connectivity index (χ0v) is 16.0. The summed E-state index contributed by atoms with van der Waals surface area (Å²) in [5.74, 6) is -0.870. The molecule has 3 N–H and O–H groups in total. The fraction of sp³-hybridized carbons (Fsp3) is 0.647. The number of carbonyl (C=O) groups is 3. The van der Waals surface area contributed by atoms with Crippen LogP contribution in [0.1, 0.15) is 46.7 Å². The van der Waals surface area contributed by atoms with E-state index in [0.717, 1.165) is 38.9 Å². The molecule has 3 rings (SSSR count). The van der Waals surface area contributed by atoms with Gasteiger partial charge < -0.3 is 20.6 Å². The highest BCUT2D eigenvalue weighted by Gasteiger charge is 2.28. The Balaban J connectivity index is 0.00000261. The number of nitrogens with zero attached hydrogens (tertiary/aromatic N) is 3. The SMILES string of the molecule is Cl.O=C(O)CCNC(=O)c1cc2n(n1)CCN(CCC1CCNCC1)C2=O. The Labute approximate surface area is 163 Å². The van der Waals surface area contributed by atoms with Gasteiger partial charge in [0.05, 0.1) is 13.0 Å². The Kier molecular flexibility index (Phi) is 7.61. The largest absolute Gasteiger partial charge is 0.481 e. The summed E-state index contributed by atoms with van der Waals surface area (Å²) in [6, 6.07) is 1.50. The molecule has 2 aliphatic rings. The number of fused-ring (bicyclic) bond motifs is 1. The van der Waals surface area contributed by atoms with Crippen LogP contribution in [0.3, 0.4) is 0 Å². The van der Waals surface area contributed by atoms with Crippen molar-refractivity contribution >= 4 is 30.2 Å². The van der Waals surface area contributed by atoms with Crippen LogP contribution in [-0.4, -0.2) is 70.3 Å². The number of carbonyl (C=O) groups excluding carboxylic acids is 2. The van der Waals surface area contributed by atoms with E-state index in [4.69, 9.17) is 5.11 Å². The third-order valence-corrected chi connectivity index (χ3v) is 4.99. The molecule has 1 saturated heterocycles. The lowest BCUT2D eigenvalue weighted by atomic mass is 9.94. The Bertz CT molecular complexity index is 687. The van der Waals surface area contributed by atoms with Crippen molar-refractivity contribution in [1.82, 2.24) is 25.3 Å². The van der Waals surface area contributed by atoms with E-state index in [-0.39, 0.29) is 37.0 Å². The first-order valence-electron chi connectivity index (χ1n) is 9.12. The highest BCUT2D eigenvalue weighted by atomic mass is 35.5. The quantitative estimate of drug-likeness (QED) is 0.609. The maximum Gasteiger partial charge on any atom is 0.305 e. The van der Waals surface area contributed by atoms with Gasteiger partial charge in [-0.2, -0.15) is 5.10 Å². The van der Waals surface area contributed by atoms with Crippen LogP contribution >= 0.6 is 12.4 Å². The maximum atomic E-state index is 12.7. The highest BCUT2D eigenvalue weighted by Crippen LogP contribution is 2.19. The van der Waals surface area contributed by atoms with Crippen molar-refractivity contribution in [2.75, 3.05) is 32.7 Å². The second kappa shape index (κ2) is 9.70. The third-order valence-electron chi connectivity index (χ3n) is 4.99. The Morgan fingerprint density at radius 3 is 2.74 bits per heavy atom. The number of hydrogen-bond donors (Lipinski definition) is 3. The molecule has 1 aromatic heterocycles. The molecule has 27 heavy (non-hydrogen) atoms. The molecule has 0 aliphatic carbocycles. The minimum absolute atomic E-state index is 0. The minimum Gasteiger partial charge on any atom is -0.481 e. The van der Waals surface area contributed by atoms with E-state index in [0.29, 0.717) is 24.7 Å². The molecule has 0 saturated carbocycles. The lowest BCUT2D eigenvalue weighted by Crippen LogP contribution is -2.41. The number of hydrogen-bond acceptors (Lipinski definition) is 5. The van der Waals surface area contributed by atoms with Crippen LogP contribution < -0.4 is 10.6 Å². The predicted octanol–water partition coefficient (Wildman–Crippen LogP) is 0.355. The van der Waals surface area contributed by atoms with E-state index in [2.05, 4.69) is 15.7 Å². The van der Waals surface area contributed by atoms with Crippen molar-refractivity contribution in [3.8, 4) is 0 Å². The van der Waals surface area contributed by atoms with E-state index in [1.807, 2.05) is 4.90 Å². The first kappa shape index (κ1) is 21.2. The van der Waals surface area contributed by atoms with Crippen molar-refractivity contribution in [3.63, 3.8) is 0 Å². The fourth-order valence-electron chi connectivity index (χ4n) is 3.44. The summed E-state index contributed by atoms with van der Waals surface area (Å²) >= 11 is 0. The molecule has 0 radical (unpaired) electrons.